The molecule has 0 aromatic carbocycles. The van der Waals surface area contributed by atoms with Gasteiger partial charge in [-0.05, 0) is 32.6 Å². The molecule has 272 valence electrons. The molecule has 1 aromatic rings. The van der Waals surface area contributed by atoms with E-state index >= 15 is 0 Å². The number of imidazole rings is 1. The number of aromatic amines is 1. The standard InChI is InChI=1S/C44H86N2/c1-5-8-11-14-17-19-21-22-23-25-27-30-33-36-39-43(38-35-32-28-16-13-10-7-3)44-45-40-41-46(44)42(4)37-34-31-29-26-24-20-18-15-12-9-6-2/h40-43H,5-39H2,1-4H3/p+1. The van der Waals surface area contributed by atoms with Gasteiger partial charge in [0.1, 0.15) is 12.4 Å². The van der Waals surface area contributed by atoms with Crippen molar-refractivity contribution in [1.82, 2.24) is 4.98 Å². The van der Waals surface area contributed by atoms with Crippen LogP contribution in [0.3, 0.4) is 0 Å². The molecule has 2 atom stereocenters. The van der Waals surface area contributed by atoms with Crippen LogP contribution in [-0.2, 0) is 0 Å². The summed E-state index contributed by atoms with van der Waals surface area (Å²) in [4.78, 5) is 3.76. The molecule has 46 heavy (non-hydrogen) atoms. The first-order chi connectivity index (χ1) is 22.7. The predicted molar refractivity (Wildman–Crippen MR) is 207 cm³/mol. The Bertz CT molecular complexity index is 709. The first-order valence-electron chi connectivity index (χ1n) is 21.8. The van der Waals surface area contributed by atoms with E-state index in [9.17, 15) is 0 Å². The Morgan fingerprint density at radius 2 is 0.696 bits per heavy atom. The molecule has 0 fully saturated rings. The van der Waals surface area contributed by atoms with Gasteiger partial charge in [-0.15, -0.1) is 0 Å². The molecule has 0 radical (unpaired) electrons. The molecule has 2 nitrogen and oxygen atoms in total. The molecular weight excluding hydrogens is 556 g/mol. The van der Waals surface area contributed by atoms with Gasteiger partial charge in [0.25, 0.3) is 5.82 Å². The van der Waals surface area contributed by atoms with E-state index < -0.39 is 0 Å². The first-order valence-corrected chi connectivity index (χ1v) is 21.8. The summed E-state index contributed by atoms with van der Waals surface area (Å²) >= 11 is 0. The van der Waals surface area contributed by atoms with E-state index in [4.69, 9.17) is 0 Å². The van der Waals surface area contributed by atoms with Crippen LogP contribution >= 0.6 is 0 Å². The minimum atomic E-state index is 0.618. The van der Waals surface area contributed by atoms with Crippen LogP contribution in [0.1, 0.15) is 270 Å². The average molecular weight is 644 g/mol. The smallest absolute Gasteiger partial charge is 0.247 e. The van der Waals surface area contributed by atoms with Crippen molar-refractivity contribution in [2.75, 3.05) is 0 Å². The van der Waals surface area contributed by atoms with Crippen LogP contribution in [0.4, 0.5) is 0 Å². The fourth-order valence-corrected chi connectivity index (χ4v) is 7.66. The highest BCUT2D eigenvalue weighted by Crippen LogP contribution is 2.27. The molecule has 0 saturated heterocycles. The van der Waals surface area contributed by atoms with Gasteiger partial charge in [-0.25, -0.2) is 9.55 Å². The highest BCUT2D eigenvalue weighted by atomic mass is 15.1. The van der Waals surface area contributed by atoms with Crippen molar-refractivity contribution in [1.29, 1.82) is 0 Å². The van der Waals surface area contributed by atoms with Crippen molar-refractivity contribution in [2.24, 2.45) is 0 Å². The zero-order valence-electron chi connectivity index (χ0n) is 32.5. The van der Waals surface area contributed by atoms with Crippen molar-refractivity contribution < 1.29 is 4.57 Å². The van der Waals surface area contributed by atoms with Gasteiger partial charge in [0.15, 0.2) is 0 Å². The summed E-state index contributed by atoms with van der Waals surface area (Å²) in [5.74, 6) is 2.25. The van der Waals surface area contributed by atoms with Crippen molar-refractivity contribution >= 4 is 0 Å². The Balaban J connectivity index is 2.35. The zero-order valence-corrected chi connectivity index (χ0v) is 32.5. The van der Waals surface area contributed by atoms with E-state index in [1.807, 2.05) is 0 Å². The highest BCUT2D eigenvalue weighted by Gasteiger charge is 2.25. The molecule has 0 aliphatic heterocycles. The van der Waals surface area contributed by atoms with Gasteiger partial charge in [0, 0.05) is 0 Å². The van der Waals surface area contributed by atoms with Crippen LogP contribution in [0.25, 0.3) is 0 Å². The van der Waals surface area contributed by atoms with Crippen LogP contribution in [0, 0.1) is 0 Å². The third-order valence-electron chi connectivity index (χ3n) is 10.9. The van der Waals surface area contributed by atoms with Crippen LogP contribution in [0.15, 0.2) is 12.4 Å². The van der Waals surface area contributed by atoms with E-state index in [0.717, 1.165) is 0 Å². The summed E-state index contributed by atoms with van der Waals surface area (Å²) in [5, 5.41) is 0. The molecule has 1 rings (SSSR count). The summed E-state index contributed by atoms with van der Waals surface area (Å²) < 4.78 is 2.64. The maximum atomic E-state index is 3.76. The lowest BCUT2D eigenvalue weighted by Crippen LogP contribution is -2.41. The van der Waals surface area contributed by atoms with Gasteiger partial charge in [-0.3, -0.25) is 0 Å². The molecule has 0 spiro atoms. The van der Waals surface area contributed by atoms with E-state index in [1.165, 1.54) is 231 Å². The van der Waals surface area contributed by atoms with Crippen molar-refractivity contribution in [3.8, 4) is 0 Å². The maximum Gasteiger partial charge on any atom is 0.257 e. The predicted octanol–water partition coefficient (Wildman–Crippen LogP) is 15.7. The summed E-state index contributed by atoms with van der Waals surface area (Å²) in [5.41, 5.74) is 0. The van der Waals surface area contributed by atoms with E-state index in [2.05, 4.69) is 49.6 Å². The summed E-state index contributed by atoms with van der Waals surface area (Å²) in [7, 11) is 0. The Morgan fingerprint density at radius 3 is 1.02 bits per heavy atom. The molecule has 0 aliphatic carbocycles. The molecular formula is C44H87N2+. The molecule has 0 bridgehead atoms. The Kier molecular flexibility index (Phi) is 32.0. The van der Waals surface area contributed by atoms with Crippen molar-refractivity contribution in [3.05, 3.63) is 18.2 Å². The number of unbranched alkanes of at least 4 members (excludes halogenated alkanes) is 29. The molecule has 0 saturated carbocycles. The third-order valence-corrected chi connectivity index (χ3v) is 10.9. The molecule has 2 heteroatoms. The Labute approximate surface area is 291 Å². The lowest BCUT2D eigenvalue weighted by atomic mass is 9.92. The van der Waals surface area contributed by atoms with Crippen molar-refractivity contribution in [3.63, 3.8) is 0 Å². The fourth-order valence-electron chi connectivity index (χ4n) is 7.66. The summed E-state index contributed by atoms with van der Waals surface area (Å²) in [6.07, 6.45) is 54.6. The van der Waals surface area contributed by atoms with Gasteiger partial charge in [0.05, 0.1) is 12.0 Å². The minimum absolute atomic E-state index is 0.618. The molecule has 1 aromatic heterocycles. The number of H-pyrrole nitrogens is 1. The quantitative estimate of drug-likeness (QED) is 0.0550. The normalized spacial score (nSPS) is 13.0. The van der Waals surface area contributed by atoms with Crippen LogP contribution in [0.2, 0.25) is 0 Å². The number of aromatic nitrogens is 2. The SMILES string of the molecule is CCCCCCCCCCCCCCCCC(CCCCCCCCC)c1[nH]cc[n+]1C(C)CCCCCCCCCCCCC. The second kappa shape index (κ2) is 34.1. The summed E-state index contributed by atoms with van der Waals surface area (Å²) in [6, 6.07) is 0.618. The van der Waals surface area contributed by atoms with E-state index in [-0.39, 0.29) is 0 Å². The number of hydrogen-bond acceptors (Lipinski definition) is 0. The van der Waals surface area contributed by atoms with Crippen molar-refractivity contribution in [2.45, 2.75) is 264 Å². The van der Waals surface area contributed by atoms with Gasteiger partial charge < -0.3 is 0 Å². The number of nitrogens with zero attached hydrogens (tertiary/aromatic N) is 1. The lowest BCUT2D eigenvalue weighted by Gasteiger charge is -2.17. The van der Waals surface area contributed by atoms with Gasteiger partial charge in [-0.1, -0.05) is 220 Å². The van der Waals surface area contributed by atoms with Gasteiger partial charge in [-0.2, -0.15) is 0 Å². The highest BCUT2D eigenvalue weighted by molar-refractivity contribution is 4.90. The fraction of sp³-hybridized carbons (Fsp3) is 0.932. The van der Waals surface area contributed by atoms with Gasteiger partial charge >= 0.3 is 0 Å². The summed E-state index contributed by atoms with van der Waals surface area (Å²) in [6.45, 7) is 9.43. The Hall–Kier alpha value is -0.790. The molecule has 0 aliphatic rings. The second-order valence-corrected chi connectivity index (χ2v) is 15.4. The topological polar surface area (TPSA) is 19.7 Å². The molecule has 0 amide bonds. The maximum absolute atomic E-state index is 3.76. The second-order valence-electron chi connectivity index (χ2n) is 15.4. The molecule has 1 heterocycles. The average Bonchev–Trinajstić information content (AvgIpc) is 3.56. The van der Waals surface area contributed by atoms with Crippen LogP contribution < -0.4 is 4.57 Å². The lowest BCUT2D eigenvalue weighted by molar-refractivity contribution is -0.727. The first kappa shape index (κ1) is 43.2. The van der Waals surface area contributed by atoms with Crippen LogP contribution in [0.5, 0.6) is 0 Å². The molecule has 2 unspecified atom stereocenters. The van der Waals surface area contributed by atoms with E-state index in [0.29, 0.717) is 12.0 Å². The number of hydrogen-bond donors (Lipinski definition) is 1. The monoisotopic (exact) mass is 644 g/mol. The minimum Gasteiger partial charge on any atom is -0.247 e. The third kappa shape index (κ3) is 25.3. The van der Waals surface area contributed by atoms with E-state index in [1.54, 1.807) is 0 Å². The largest absolute Gasteiger partial charge is 0.257 e. The van der Waals surface area contributed by atoms with Gasteiger partial charge in [0.2, 0.25) is 0 Å². The number of nitrogens with one attached hydrogen (secondary N) is 1. The zero-order chi connectivity index (χ0) is 33.2. The molecule has 1 N–H and O–H groups in total. The number of rotatable bonds is 37. The Morgan fingerprint density at radius 1 is 0.413 bits per heavy atom. The van der Waals surface area contributed by atoms with Crippen LogP contribution in [-0.4, -0.2) is 4.98 Å².